The first-order valence-electron chi connectivity index (χ1n) is 6.95. The molecule has 0 aliphatic heterocycles. The number of anilines is 2. The van der Waals surface area contributed by atoms with Gasteiger partial charge in [0.25, 0.3) is 5.91 Å². The van der Waals surface area contributed by atoms with Crippen molar-refractivity contribution in [2.24, 2.45) is 0 Å². The molecule has 22 heavy (non-hydrogen) atoms. The molecule has 0 aliphatic rings. The maximum Gasteiger partial charge on any atom is 0.265 e. The Morgan fingerprint density at radius 3 is 2.00 bits per heavy atom. The summed E-state index contributed by atoms with van der Waals surface area (Å²) < 4.78 is 5.56. The Balaban J connectivity index is 1.92. The van der Waals surface area contributed by atoms with E-state index in [9.17, 15) is 9.59 Å². The predicted molar refractivity (Wildman–Crippen MR) is 85.9 cm³/mol. The van der Waals surface area contributed by atoms with Gasteiger partial charge in [0.05, 0.1) is 0 Å². The number of para-hydroxylation sites is 1. The van der Waals surface area contributed by atoms with Crippen LogP contribution in [-0.2, 0) is 9.59 Å². The topological polar surface area (TPSA) is 67.4 Å². The lowest BCUT2D eigenvalue weighted by atomic mass is 10.2. The van der Waals surface area contributed by atoms with Crippen molar-refractivity contribution >= 4 is 23.2 Å². The van der Waals surface area contributed by atoms with Crippen LogP contribution in [0, 0.1) is 0 Å². The average Bonchev–Trinajstić information content (AvgIpc) is 2.49. The Morgan fingerprint density at radius 2 is 1.45 bits per heavy atom. The van der Waals surface area contributed by atoms with Crippen LogP contribution in [0.2, 0.25) is 0 Å². The monoisotopic (exact) mass is 298 g/mol. The van der Waals surface area contributed by atoms with Gasteiger partial charge in [0, 0.05) is 18.3 Å². The van der Waals surface area contributed by atoms with E-state index in [2.05, 4.69) is 10.6 Å². The minimum atomic E-state index is -0.613. The van der Waals surface area contributed by atoms with Gasteiger partial charge in [-0.2, -0.15) is 0 Å². The Labute approximate surface area is 129 Å². The molecule has 0 radical (unpaired) electrons. The minimum Gasteiger partial charge on any atom is -0.481 e. The second-order valence-corrected chi connectivity index (χ2v) is 4.82. The van der Waals surface area contributed by atoms with Gasteiger partial charge in [-0.1, -0.05) is 18.2 Å². The van der Waals surface area contributed by atoms with Crippen LogP contribution in [0.5, 0.6) is 5.75 Å². The highest BCUT2D eigenvalue weighted by Gasteiger charge is 2.14. The molecule has 0 unspecified atom stereocenters. The largest absolute Gasteiger partial charge is 0.481 e. The van der Waals surface area contributed by atoms with Gasteiger partial charge < -0.3 is 15.4 Å². The SMILES string of the molecule is CC(=O)Nc1ccc(NC(=O)[C@@H](C)Oc2ccccc2)cc1. The lowest BCUT2D eigenvalue weighted by Crippen LogP contribution is -2.30. The lowest BCUT2D eigenvalue weighted by Gasteiger charge is -2.14. The molecule has 0 aromatic heterocycles. The third kappa shape index (κ3) is 4.63. The maximum atomic E-state index is 12.1. The summed E-state index contributed by atoms with van der Waals surface area (Å²) in [6.45, 7) is 3.13. The van der Waals surface area contributed by atoms with E-state index in [-0.39, 0.29) is 11.8 Å². The molecule has 0 heterocycles. The molecule has 114 valence electrons. The van der Waals surface area contributed by atoms with Crippen LogP contribution >= 0.6 is 0 Å². The number of benzene rings is 2. The Morgan fingerprint density at radius 1 is 0.909 bits per heavy atom. The highest BCUT2D eigenvalue weighted by molar-refractivity contribution is 5.94. The van der Waals surface area contributed by atoms with E-state index in [1.165, 1.54) is 6.92 Å². The highest BCUT2D eigenvalue weighted by atomic mass is 16.5. The molecule has 0 spiro atoms. The van der Waals surface area contributed by atoms with Crippen LogP contribution in [0.25, 0.3) is 0 Å². The molecule has 2 N–H and O–H groups in total. The molecule has 2 rings (SSSR count). The van der Waals surface area contributed by atoms with Gasteiger partial charge in [0.2, 0.25) is 5.91 Å². The van der Waals surface area contributed by atoms with E-state index in [0.29, 0.717) is 17.1 Å². The zero-order valence-electron chi connectivity index (χ0n) is 12.5. The fourth-order valence-electron chi connectivity index (χ4n) is 1.84. The molecule has 0 saturated carbocycles. The molecule has 2 amide bonds. The fourth-order valence-corrected chi connectivity index (χ4v) is 1.84. The van der Waals surface area contributed by atoms with Crippen LogP contribution < -0.4 is 15.4 Å². The molecular formula is C17H18N2O3. The first kappa shape index (κ1) is 15.6. The predicted octanol–water partition coefficient (Wildman–Crippen LogP) is 3.05. The number of rotatable bonds is 5. The van der Waals surface area contributed by atoms with Gasteiger partial charge in [0.1, 0.15) is 5.75 Å². The van der Waals surface area contributed by atoms with Crippen molar-refractivity contribution in [1.82, 2.24) is 0 Å². The standard InChI is InChI=1S/C17H18N2O3/c1-12(22-16-6-4-3-5-7-16)17(21)19-15-10-8-14(9-11-15)18-13(2)20/h3-12H,1-2H3,(H,18,20)(H,19,21)/t12-/m1/s1. The summed E-state index contributed by atoms with van der Waals surface area (Å²) in [7, 11) is 0. The number of ether oxygens (including phenoxy) is 1. The van der Waals surface area contributed by atoms with E-state index in [1.807, 2.05) is 18.2 Å². The minimum absolute atomic E-state index is 0.137. The summed E-state index contributed by atoms with van der Waals surface area (Å²) in [6, 6.07) is 16.1. The van der Waals surface area contributed by atoms with E-state index in [0.717, 1.165) is 0 Å². The molecule has 0 saturated heterocycles. The average molecular weight is 298 g/mol. The number of amides is 2. The number of hydrogen-bond donors (Lipinski definition) is 2. The van der Waals surface area contributed by atoms with Crippen molar-refractivity contribution in [3.05, 3.63) is 54.6 Å². The summed E-state index contributed by atoms with van der Waals surface area (Å²) >= 11 is 0. The summed E-state index contributed by atoms with van der Waals surface area (Å²) in [5, 5.41) is 5.43. The molecule has 2 aromatic rings. The van der Waals surface area contributed by atoms with Crippen molar-refractivity contribution in [3.8, 4) is 5.75 Å². The molecule has 5 nitrogen and oxygen atoms in total. The first-order valence-corrected chi connectivity index (χ1v) is 6.95. The third-order valence-electron chi connectivity index (χ3n) is 2.90. The van der Waals surface area contributed by atoms with Crippen molar-refractivity contribution in [1.29, 1.82) is 0 Å². The van der Waals surface area contributed by atoms with Crippen LogP contribution in [0.4, 0.5) is 11.4 Å². The Hall–Kier alpha value is -2.82. The van der Waals surface area contributed by atoms with Crippen molar-refractivity contribution in [2.45, 2.75) is 20.0 Å². The normalized spacial score (nSPS) is 11.4. The highest BCUT2D eigenvalue weighted by Crippen LogP contribution is 2.15. The third-order valence-corrected chi connectivity index (χ3v) is 2.90. The number of hydrogen-bond acceptors (Lipinski definition) is 3. The van der Waals surface area contributed by atoms with Crippen LogP contribution in [0.1, 0.15) is 13.8 Å². The van der Waals surface area contributed by atoms with Gasteiger partial charge in [-0.3, -0.25) is 9.59 Å². The molecule has 0 aliphatic carbocycles. The van der Waals surface area contributed by atoms with Crippen molar-refractivity contribution in [3.63, 3.8) is 0 Å². The lowest BCUT2D eigenvalue weighted by molar-refractivity contribution is -0.122. The molecule has 0 bridgehead atoms. The van der Waals surface area contributed by atoms with Crippen LogP contribution in [0.3, 0.4) is 0 Å². The number of carbonyl (C=O) groups is 2. The summed E-state index contributed by atoms with van der Waals surface area (Å²) in [5.41, 5.74) is 1.32. The molecule has 5 heteroatoms. The van der Waals surface area contributed by atoms with Crippen LogP contribution in [-0.4, -0.2) is 17.9 Å². The smallest absolute Gasteiger partial charge is 0.265 e. The van der Waals surface area contributed by atoms with Gasteiger partial charge in [-0.15, -0.1) is 0 Å². The quantitative estimate of drug-likeness (QED) is 0.891. The van der Waals surface area contributed by atoms with Gasteiger partial charge in [-0.25, -0.2) is 0 Å². The summed E-state index contributed by atoms with van der Waals surface area (Å²) in [5.74, 6) is 0.268. The van der Waals surface area contributed by atoms with Gasteiger partial charge >= 0.3 is 0 Å². The van der Waals surface area contributed by atoms with Crippen molar-refractivity contribution in [2.75, 3.05) is 10.6 Å². The second-order valence-electron chi connectivity index (χ2n) is 4.82. The first-order chi connectivity index (χ1) is 10.5. The zero-order chi connectivity index (χ0) is 15.9. The molecule has 1 atom stereocenters. The second kappa shape index (κ2) is 7.26. The van der Waals surface area contributed by atoms with Crippen molar-refractivity contribution < 1.29 is 14.3 Å². The number of nitrogens with one attached hydrogen (secondary N) is 2. The van der Waals surface area contributed by atoms with Gasteiger partial charge in [0.15, 0.2) is 6.10 Å². The molecule has 0 fully saturated rings. The number of carbonyl (C=O) groups excluding carboxylic acids is 2. The summed E-state index contributed by atoms with van der Waals surface area (Å²) in [4.78, 5) is 23.0. The van der Waals surface area contributed by atoms with Gasteiger partial charge in [-0.05, 0) is 43.3 Å². The van der Waals surface area contributed by atoms with E-state index >= 15 is 0 Å². The zero-order valence-corrected chi connectivity index (χ0v) is 12.5. The molecule has 2 aromatic carbocycles. The molecular weight excluding hydrogens is 280 g/mol. The fraction of sp³-hybridized carbons (Fsp3) is 0.176. The maximum absolute atomic E-state index is 12.1. The van der Waals surface area contributed by atoms with E-state index in [1.54, 1.807) is 43.3 Å². The van der Waals surface area contributed by atoms with E-state index < -0.39 is 6.10 Å². The Bertz CT molecular complexity index is 639. The van der Waals surface area contributed by atoms with Crippen LogP contribution in [0.15, 0.2) is 54.6 Å². The summed E-state index contributed by atoms with van der Waals surface area (Å²) in [6.07, 6.45) is -0.613. The Kier molecular flexibility index (Phi) is 5.14. The van der Waals surface area contributed by atoms with E-state index in [4.69, 9.17) is 4.74 Å².